The first-order valence-electron chi connectivity index (χ1n) is 4.34. The van der Waals surface area contributed by atoms with Gasteiger partial charge in [-0.15, -0.1) is 0 Å². The van der Waals surface area contributed by atoms with Crippen molar-refractivity contribution < 1.29 is 9.84 Å². The number of methoxy groups -OCH3 is 1. The minimum absolute atomic E-state index is 0.0408. The monoisotopic (exact) mass is 215 g/mol. The molecule has 1 aromatic carbocycles. The molecule has 1 rings (SSSR count). The SMILES string of the molecule is CN[C@@H](CO)c1ccc(OC)c(Cl)c1. The number of hydrogen-bond acceptors (Lipinski definition) is 3. The van der Waals surface area contributed by atoms with Crippen LogP contribution >= 0.6 is 11.6 Å². The number of hydrogen-bond donors (Lipinski definition) is 2. The lowest BCUT2D eigenvalue weighted by atomic mass is 10.1. The van der Waals surface area contributed by atoms with Gasteiger partial charge in [-0.05, 0) is 24.7 Å². The van der Waals surface area contributed by atoms with Crippen LogP contribution < -0.4 is 10.1 Å². The van der Waals surface area contributed by atoms with Gasteiger partial charge in [0.05, 0.1) is 24.8 Å². The molecule has 0 saturated heterocycles. The number of likely N-dealkylation sites (N-methyl/N-ethyl adjacent to an activating group) is 1. The Morgan fingerprint density at radius 2 is 2.29 bits per heavy atom. The predicted molar refractivity (Wildman–Crippen MR) is 56.9 cm³/mol. The predicted octanol–water partition coefficient (Wildman–Crippen LogP) is 1.60. The number of aliphatic hydroxyl groups is 1. The van der Waals surface area contributed by atoms with Gasteiger partial charge in [0.1, 0.15) is 5.75 Å². The van der Waals surface area contributed by atoms with E-state index < -0.39 is 0 Å². The van der Waals surface area contributed by atoms with Crippen molar-refractivity contribution in [3.8, 4) is 5.75 Å². The lowest BCUT2D eigenvalue weighted by molar-refractivity contribution is 0.251. The van der Waals surface area contributed by atoms with Crippen LogP contribution in [0, 0.1) is 0 Å². The lowest BCUT2D eigenvalue weighted by Crippen LogP contribution is -2.19. The van der Waals surface area contributed by atoms with E-state index in [4.69, 9.17) is 21.4 Å². The van der Waals surface area contributed by atoms with E-state index in [1.54, 1.807) is 26.3 Å². The fourth-order valence-corrected chi connectivity index (χ4v) is 1.53. The second-order valence-corrected chi connectivity index (χ2v) is 3.33. The van der Waals surface area contributed by atoms with Crippen molar-refractivity contribution in [3.05, 3.63) is 28.8 Å². The summed E-state index contributed by atoms with van der Waals surface area (Å²) in [6.07, 6.45) is 0. The number of rotatable bonds is 4. The Labute approximate surface area is 88.7 Å². The standard InChI is InChI=1S/C10H14ClNO2/c1-12-9(6-13)7-3-4-10(14-2)8(11)5-7/h3-5,9,12-13H,6H2,1-2H3/t9-/m0/s1. The van der Waals surface area contributed by atoms with Gasteiger partial charge in [0.25, 0.3) is 0 Å². The number of aliphatic hydroxyl groups excluding tert-OH is 1. The Kier molecular flexibility index (Phi) is 4.20. The van der Waals surface area contributed by atoms with Crippen LogP contribution in [0.15, 0.2) is 18.2 Å². The lowest BCUT2D eigenvalue weighted by Gasteiger charge is -2.14. The molecule has 4 heteroatoms. The van der Waals surface area contributed by atoms with Gasteiger partial charge in [-0.2, -0.15) is 0 Å². The first-order valence-corrected chi connectivity index (χ1v) is 4.72. The van der Waals surface area contributed by atoms with E-state index in [2.05, 4.69) is 5.32 Å². The van der Waals surface area contributed by atoms with Crippen LogP contribution in [0.3, 0.4) is 0 Å². The van der Waals surface area contributed by atoms with Crippen LogP contribution in [0.1, 0.15) is 11.6 Å². The van der Waals surface area contributed by atoms with E-state index in [-0.39, 0.29) is 12.6 Å². The molecule has 0 heterocycles. The Bertz CT molecular complexity index is 300. The summed E-state index contributed by atoms with van der Waals surface area (Å²) in [6.45, 7) is 0.0408. The second-order valence-electron chi connectivity index (χ2n) is 2.92. The van der Waals surface area contributed by atoms with Gasteiger partial charge in [-0.1, -0.05) is 17.7 Å². The highest BCUT2D eigenvalue weighted by Crippen LogP contribution is 2.27. The molecule has 14 heavy (non-hydrogen) atoms. The Hall–Kier alpha value is -0.770. The molecule has 0 radical (unpaired) electrons. The van der Waals surface area contributed by atoms with Crippen LogP contribution in [-0.2, 0) is 0 Å². The number of halogens is 1. The van der Waals surface area contributed by atoms with Crippen LogP contribution in [0.2, 0.25) is 5.02 Å². The smallest absolute Gasteiger partial charge is 0.137 e. The van der Waals surface area contributed by atoms with E-state index in [1.165, 1.54) is 0 Å². The van der Waals surface area contributed by atoms with E-state index in [1.807, 2.05) is 6.07 Å². The van der Waals surface area contributed by atoms with E-state index in [0.29, 0.717) is 10.8 Å². The third kappa shape index (κ3) is 2.38. The molecule has 1 atom stereocenters. The summed E-state index contributed by atoms with van der Waals surface area (Å²) < 4.78 is 5.03. The summed E-state index contributed by atoms with van der Waals surface area (Å²) >= 11 is 5.95. The van der Waals surface area contributed by atoms with Gasteiger partial charge in [-0.25, -0.2) is 0 Å². The zero-order valence-electron chi connectivity index (χ0n) is 8.25. The summed E-state index contributed by atoms with van der Waals surface area (Å²) in [6, 6.07) is 5.37. The van der Waals surface area contributed by atoms with Gasteiger partial charge < -0.3 is 15.2 Å². The van der Waals surface area contributed by atoms with Crippen LogP contribution in [0.4, 0.5) is 0 Å². The van der Waals surface area contributed by atoms with E-state index in [9.17, 15) is 0 Å². The topological polar surface area (TPSA) is 41.5 Å². The molecule has 2 N–H and O–H groups in total. The molecule has 0 aliphatic heterocycles. The van der Waals surface area contributed by atoms with Gasteiger partial charge in [-0.3, -0.25) is 0 Å². The molecule has 3 nitrogen and oxygen atoms in total. The number of nitrogens with one attached hydrogen (secondary N) is 1. The fourth-order valence-electron chi connectivity index (χ4n) is 1.26. The maximum absolute atomic E-state index is 9.06. The molecule has 0 fully saturated rings. The largest absolute Gasteiger partial charge is 0.495 e. The van der Waals surface area contributed by atoms with E-state index >= 15 is 0 Å². The third-order valence-electron chi connectivity index (χ3n) is 2.11. The average Bonchev–Trinajstić information content (AvgIpc) is 2.20. The van der Waals surface area contributed by atoms with Gasteiger partial charge >= 0.3 is 0 Å². The van der Waals surface area contributed by atoms with Crippen LogP contribution in [0.5, 0.6) is 5.75 Å². The highest BCUT2D eigenvalue weighted by molar-refractivity contribution is 6.32. The van der Waals surface area contributed by atoms with Crippen LogP contribution in [-0.4, -0.2) is 25.9 Å². The van der Waals surface area contributed by atoms with Crippen molar-refractivity contribution in [2.45, 2.75) is 6.04 Å². The highest BCUT2D eigenvalue weighted by atomic mass is 35.5. The summed E-state index contributed by atoms with van der Waals surface area (Å²) in [5.41, 5.74) is 0.945. The van der Waals surface area contributed by atoms with Gasteiger partial charge in [0, 0.05) is 0 Å². The average molecular weight is 216 g/mol. The molecular weight excluding hydrogens is 202 g/mol. The summed E-state index contributed by atoms with van der Waals surface area (Å²) in [5.74, 6) is 0.642. The Balaban J connectivity index is 2.95. The van der Waals surface area contributed by atoms with Crippen molar-refractivity contribution in [1.29, 1.82) is 0 Å². The fraction of sp³-hybridized carbons (Fsp3) is 0.400. The molecule has 1 aromatic rings. The molecule has 0 amide bonds. The zero-order valence-corrected chi connectivity index (χ0v) is 9.01. The molecule has 0 aliphatic rings. The minimum Gasteiger partial charge on any atom is -0.495 e. The van der Waals surface area contributed by atoms with Gasteiger partial charge in [0.2, 0.25) is 0 Å². The van der Waals surface area contributed by atoms with Crippen molar-refractivity contribution in [2.24, 2.45) is 0 Å². The second kappa shape index (κ2) is 5.20. The summed E-state index contributed by atoms with van der Waals surface area (Å²) in [4.78, 5) is 0. The molecule has 0 unspecified atom stereocenters. The molecule has 0 aromatic heterocycles. The van der Waals surface area contributed by atoms with Crippen molar-refractivity contribution in [3.63, 3.8) is 0 Å². The zero-order chi connectivity index (χ0) is 10.6. The van der Waals surface area contributed by atoms with Crippen molar-refractivity contribution in [2.75, 3.05) is 20.8 Å². The maximum atomic E-state index is 9.06. The van der Waals surface area contributed by atoms with Crippen molar-refractivity contribution >= 4 is 11.6 Å². The summed E-state index contributed by atoms with van der Waals surface area (Å²) in [5, 5.41) is 12.6. The molecule has 0 aliphatic carbocycles. The maximum Gasteiger partial charge on any atom is 0.137 e. The minimum atomic E-state index is -0.0848. The Morgan fingerprint density at radius 3 is 2.71 bits per heavy atom. The van der Waals surface area contributed by atoms with E-state index in [0.717, 1.165) is 5.56 Å². The molecule has 0 bridgehead atoms. The molecule has 0 saturated carbocycles. The Morgan fingerprint density at radius 1 is 1.57 bits per heavy atom. The van der Waals surface area contributed by atoms with Gasteiger partial charge in [0.15, 0.2) is 0 Å². The first kappa shape index (κ1) is 11.3. The summed E-state index contributed by atoms with van der Waals surface area (Å²) in [7, 11) is 3.36. The number of benzene rings is 1. The molecular formula is C10H14ClNO2. The third-order valence-corrected chi connectivity index (χ3v) is 2.40. The molecule has 78 valence electrons. The van der Waals surface area contributed by atoms with Crippen molar-refractivity contribution in [1.82, 2.24) is 5.32 Å². The quantitative estimate of drug-likeness (QED) is 0.802. The first-order chi connectivity index (χ1) is 6.72. The van der Waals surface area contributed by atoms with Crippen LogP contribution in [0.25, 0.3) is 0 Å². The normalized spacial score (nSPS) is 12.6. The molecule has 0 spiro atoms. The highest BCUT2D eigenvalue weighted by Gasteiger charge is 2.09. The number of ether oxygens (including phenoxy) is 1.